The molecule has 1 fully saturated rings. The number of hydrogen-bond acceptors (Lipinski definition) is 5. The molecule has 5 nitrogen and oxygen atoms in total. The summed E-state index contributed by atoms with van der Waals surface area (Å²) in [6.07, 6.45) is -0.521. The maximum atomic E-state index is 12.2. The Morgan fingerprint density at radius 2 is 1.79 bits per heavy atom. The fourth-order valence-corrected chi connectivity index (χ4v) is 3.16. The normalized spacial score (nSPS) is 18.3. The summed E-state index contributed by atoms with van der Waals surface area (Å²) in [5, 5.41) is 0. The van der Waals surface area contributed by atoms with Gasteiger partial charge >= 0.3 is 0 Å². The van der Waals surface area contributed by atoms with E-state index in [0.29, 0.717) is 13.2 Å². The van der Waals surface area contributed by atoms with Crippen molar-refractivity contribution in [1.82, 2.24) is 0 Å². The fourth-order valence-electron chi connectivity index (χ4n) is 2.24. The van der Waals surface area contributed by atoms with Gasteiger partial charge in [-0.3, -0.25) is 4.18 Å². The molecule has 2 unspecified atom stereocenters. The molecule has 128 valence electrons. The number of rotatable bonds is 8. The van der Waals surface area contributed by atoms with Crippen LogP contribution < -0.4 is 0 Å². The summed E-state index contributed by atoms with van der Waals surface area (Å²) in [5.74, 6) is 0. The molecule has 0 N–H and O–H groups in total. The lowest BCUT2D eigenvalue weighted by molar-refractivity contribution is -0.00537. The van der Waals surface area contributed by atoms with Gasteiger partial charge in [-0.25, -0.2) is 0 Å². The first kappa shape index (κ1) is 17.1. The van der Waals surface area contributed by atoms with Gasteiger partial charge in [0.05, 0.1) is 24.7 Å². The molecule has 24 heavy (non-hydrogen) atoms. The Bertz CT molecular complexity index is 752. The van der Waals surface area contributed by atoms with Gasteiger partial charge in [-0.15, -0.1) is 0 Å². The average Bonchev–Trinajstić information content (AvgIpc) is 3.41. The minimum atomic E-state index is -3.80. The third kappa shape index (κ3) is 4.64. The second kappa shape index (κ2) is 7.44. The zero-order valence-corrected chi connectivity index (χ0v) is 14.2. The first-order chi connectivity index (χ1) is 11.5. The van der Waals surface area contributed by atoms with E-state index in [4.69, 9.17) is 13.7 Å². The molecule has 6 heteroatoms. The monoisotopic (exact) mass is 348 g/mol. The number of epoxide rings is 1. The summed E-state index contributed by atoms with van der Waals surface area (Å²) < 4.78 is 40.7. The molecule has 1 aliphatic heterocycles. The number of hydrogen-bond donors (Lipinski definition) is 0. The highest BCUT2D eigenvalue weighted by Crippen LogP contribution is 2.21. The van der Waals surface area contributed by atoms with Crippen molar-refractivity contribution in [2.45, 2.75) is 30.6 Å². The predicted octanol–water partition coefficient (Wildman–Crippen LogP) is 2.68. The Morgan fingerprint density at radius 1 is 1.12 bits per heavy atom. The van der Waals surface area contributed by atoms with Crippen molar-refractivity contribution in [1.29, 1.82) is 0 Å². The molecule has 0 aliphatic carbocycles. The summed E-state index contributed by atoms with van der Waals surface area (Å²) >= 11 is 0. The summed E-state index contributed by atoms with van der Waals surface area (Å²) in [5.41, 5.74) is 2.01. The SMILES string of the molecule is Cc1ccc(S(=O)(=O)OCC(OCc2ccccc2)C2CO2)cc1. The Kier molecular flexibility index (Phi) is 5.30. The molecule has 0 aromatic heterocycles. The van der Waals surface area contributed by atoms with Crippen LogP contribution >= 0.6 is 0 Å². The molecule has 0 saturated carbocycles. The fraction of sp³-hybridized carbons (Fsp3) is 0.333. The molecule has 2 aromatic carbocycles. The van der Waals surface area contributed by atoms with Crippen LogP contribution in [0.25, 0.3) is 0 Å². The third-order valence-corrected chi connectivity index (χ3v) is 5.07. The predicted molar refractivity (Wildman–Crippen MR) is 89.1 cm³/mol. The van der Waals surface area contributed by atoms with E-state index in [0.717, 1.165) is 11.1 Å². The molecule has 2 aromatic rings. The van der Waals surface area contributed by atoms with Crippen LogP contribution in [0.5, 0.6) is 0 Å². The van der Waals surface area contributed by atoms with E-state index in [1.807, 2.05) is 37.3 Å². The van der Waals surface area contributed by atoms with Crippen LogP contribution in [0.3, 0.4) is 0 Å². The van der Waals surface area contributed by atoms with Gasteiger partial charge in [0.2, 0.25) is 0 Å². The van der Waals surface area contributed by atoms with Crippen LogP contribution in [0.4, 0.5) is 0 Å². The van der Waals surface area contributed by atoms with E-state index in [1.54, 1.807) is 12.1 Å². The quantitative estimate of drug-likeness (QED) is 0.542. The highest BCUT2D eigenvalue weighted by atomic mass is 32.2. The Morgan fingerprint density at radius 3 is 2.42 bits per heavy atom. The number of benzene rings is 2. The third-order valence-electron chi connectivity index (χ3n) is 3.78. The lowest BCUT2D eigenvalue weighted by atomic mass is 10.2. The molecule has 0 amide bonds. The maximum Gasteiger partial charge on any atom is 0.297 e. The highest BCUT2D eigenvalue weighted by molar-refractivity contribution is 7.86. The Hall–Kier alpha value is -1.73. The van der Waals surface area contributed by atoms with Gasteiger partial charge in [0.25, 0.3) is 10.1 Å². The number of aryl methyl sites for hydroxylation is 1. The highest BCUT2D eigenvalue weighted by Gasteiger charge is 2.35. The molecule has 0 spiro atoms. The van der Waals surface area contributed by atoms with Gasteiger partial charge in [0.15, 0.2) is 0 Å². The minimum Gasteiger partial charge on any atom is -0.370 e. The zero-order chi connectivity index (χ0) is 17.0. The van der Waals surface area contributed by atoms with Crippen molar-refractivity contribution in [3.05, 3.63) is 65.7 Å². The molecule has 0 bridgehead atoms. The summed E-state index contributed by atoms with van der Waals surface area (Å²) in [4.78, 5) is 0.145. The van der Waals surface area contributed by atoms with Gasteiger partial charge in [0.1, 0.15) is 12.2 Å². The first-order valence-electron chi connectivity index (χ1n) is 7.78. The number of ether oxygens (including phenoxy) is 2. The molecule has 1 saturated heterocycles. The average molecular weight is 348 g/mol. The van der Waals surface area contributed by atoms with E-state index in [-0.39, 0.29) is 17.6 Å². The van der Waals surface area contributed by atoms with E-state index in [1.165, 1.54) is 12.1 Å². The van der Waals surface area contributed by atoms with Gasteiger partial charge < -0.3 is 9.47 Å². The lowest BCUT2D eigenvalue weighted by Crippen LogP contribution is -2.27. The van der Waals surface area contributed by atoms with Gasteiger partial charge in [0, 0.05) is 0 Å². The minimum absolute atomic E-state index is 0.0618. The Labute approximate surface area is 142 Å². The van der Waals surface area contributed by atoms with E-state index in [2.05, 4.69) is 0 Å². The Balaban J connectivity index is 1.58. The van der Waals surface area contributed by atoms with Crippen LogP contribution in [-0.2, 0) is 30.4 Å². The molecule has 3 rings (SSSR count). The molecule has 2 atom stereocenters. The molecule has 1 heterocycles. The van der Waals surface area contributed by atoms with Crippen molar-refractivity contribution >= 4 is 10.1 Å². The standard InChI is InChI=1S/C18H20O5S/c1-14-7-9-16(10-8-14)24(19,20)23-13-18(17-12-22-17)21-11-15-5-3-2-4-6-15/h2-10,17-18H,11-13H2,1H3. The van der Waals surface area contributed by atoms with Crippen LogP contribution in [-0.4, -0.2) is 33.8 Å². The van der Waals surface area contributed by atoms with Crippen LogP contribution in [0.15, 0.2) is 59.5 Å². The second-order valence-corrected chi connectivity index (χ2v) is 7.37. The zero-order valence-electron chi connectivity index (χ0n) is 13.4. The lowest BCUT2D eigenvalue weighted by Gasteiger charge is -2.16. The first-order valence-corrected chi connectivity index (χ1v) is 9.19. The van der Waals surface area contributed by atoms with Crippen LogP contribution in [0, 0.1) is 6.92 Å². The van der Waals surface area contributed by atoms with Gasteiger partial charge in [-0.05, 0) is 24.6 Å². The van der Waals surface area contributed by atoms with Crippen LogP contribution in [0.2, 0.25) is 0 Å². The molecular formula is C18H20O5S. The topological polar surface area (TPSA) is 65.1 Å². The van der Waals surface area contributed by atoms with Gasteiger partial charge in [-0.2, -0.15) is 8.42 Å². The van der Waals surface area contributed by atoms with E-state index < -0.39 is 16.2 Å². The maximum absolute atomic E-state index is 12.2. The van der Waals surface area contributed by atoms with E-state index >= 15 is 0 Å². The summed E-state index contributed by atoms with van der Waals surface area (Å²) in [6.45, 7) is 2.79. The molecule has 0 radical (unpaired) electrons. The largest absolute Gasteiger partial charge is 0.370 e. The molecular weight excluding hydrogens is 328 g/mol. The van der Waals surface area contributed by atoms with Crippen molar-refractivity contribution in [2.75, 3.05) is 13.2 Å². The second-order valence-electron chi connectivity index (χ2n) is 5.76. The smallest absolute Gasteiger partial charge is 0.297 e. The van der Waals surface area contributed by atoms with Gasteiger partial charge in [-0.1, -0.05) is 48.0 Å². The van der Waals surface area contributed by atoms with E-state index in [9.17, 15) is 8.42 Å². The van der Waals surface area contributed by atoms with Crippen molar-refractivity contribution in [3.8, 4) is 0 Å². The van der Waals surface area contributed by atoms with Crippen molar-refractivity contribution < 1.29 is 22.1 Å². The van der Waals surface area contributed by atoms with Crippen molar-refractivity contribution in [2.24, 2.45) is 0 Å². The summed E-state index contributed by atoms with van der Waals surface area (Å²) in [6, 6.07) is 16.3. The summed E-state index contributed by atoms with van der Waals surface area (Å²) in [7, 11) is -3.80. The van der Waals surface area contributed by atoms with Crippen molar-refractivity contribution in [3.63, 3.8) is 0 Å². The van der Waals surface area contributed by atoms with Crippen LogP contribution in [0.1, 0.15) is 11.1 Å². The molecule has 1 aliphatic rings.